The van der Waals surface area contributed by atoms with Crippen molar-refractivity contribution in [2.75, 3.05) is 6.61 Å². The minimum absolute atomic E-state index is 0.194. The third-order valence-corrected chi connectivity index (χ3v) is 6.03. The zero-order valence-corrected chi connectivity index (χ0v) is 18.9. The van der Waals surface area contributed by atoms with Gasteiger partial charge in [-0.15, -0.1) is 0 Å². The molecule has 0 N–H and O–H groups in total. The van der Waals surface area contributed by atoms with E-state index in [0.29, 0.717) is 22.3 Å². The molecule has 0 radical (unpaired) electrons. The number of ether oxygens (including phenoxy) is 1. The van der Waals surface area contributed by atoms with E-state index in [2.05, 4.69) is 31.9 Å². The highest BCUT2D eigenvalue weighted by atomic mass is 79.9. The molecule has 140 valence electrons. The minimum Gasteiger partial charge on any atom is -0.492 e. The molecule has 0 aromatic heterocycles. The Morgan fingerprint density at radius 1 is 1.19 bits per heavy atom. The van der Waals surface area contributed by atoms with E-state index in [4.69, 9.17) is 16.3 Å². The first kappa shape index (κ1) is 20.5. The van der Waals surface area contributed by atoms with Gasteiger partial charge in [-0.25, -0.2) is 0 Å². The standard InChI is InChI=1S/C19H14Br2ClNO3S/c1-2-26-17-14(20)7-12(8-15(17)21)9-16-18(24)23(19(25)27-16)10-11-4-3-5-13(22)6-11/h3-9H,2,10H2,1H3/b16-9-. The largest absolute Gasteiger partial charge is 0.492 e. The Hall–Kier alpha value is -1.28. The molecule has 1 heterocycles. The van der Waals surface area contributed by atoms with Crippen molar-refractivity contribution in [3.05, 3.63) is 66.4 Å². The molecule has 8 heteroatoms. The van der Waals surface area contributed by atoms with Crippen molar-refractivity contribution in [1.82, 2.24) is 4.90 Å². The van der Waals surface area contributed by atoms with E-state index in [1.54, 1.807) is 24.3 Å². The second-order valence-corrected chi connectivity index (χ2v) is 8.78. The molecule has 0 aliphatic carbocycles. The van der Waals surface area contributed by atoms with Crippen LogP contribution in [0.15, 0.2) is 50.2 Å². The Morgan fingerprint density at radius 2 is 1.89 bits per heavy atom. The third kappa shape index (κ3) is 4.77. The summed E-state index contributed by atoms with van der Waals surface area (Å²) in [5.74, 6) is 0.384. The third-order valence-electron chi connectivity index (χ3n) is 3.71. The van der Waals surface area contributed by atoms with E-state index in [9.17, 15) is 9.59 Å². The fourth-order valence-electron chi connectivity index (χ4n) is 2.55. The molecule has 0 bridgehead atoms. The summed E-state index contributed by atoms with van der Waals surface area (Å²) >= 11 is 13.9. The number of halogens is 3. The summed E-state index contributed by atoms with van der Waals surface area (Å²) in [7, 11) is 0. The number of benzene rings is 2. The molecule has 3 rings (SSSR count). The number of nitrogens with zero attached hydrogens (tertiary/aromatic N) is 1. The van der Waals surface area contributed by atoms with Gasteiger partial charge >= 0.3 is 0 Å². The first-order valence-electron chi connectivity index (χ1n) is 8.00. The summed E-state index contributed by atoms with van der Waals surface area (Å²) in [6.07, 6.45) is 1.70. The smallest absolute Gasteiger partial charge is 0.293 e. The number of amides is 2. The Balaban J connectivity index is 1.84. The van der Waals surface area contributed by atoms with Gasteiger partial charge in [0.25, 0.3) is 11.1 Å². The molecule has 2 amide bonds. The molecule has 1 aliphatic heterocycles. The predicted molar refractivity (Wildman–Crippen MR) is 116 cm³/mol. The first-order valence-corrected chi connectivity index (χ1v) is 10.8. The van der Waals surface area contributed by atoms with Gasteiger partial charge in [0.15, 0.2) is 0 Å². The normalized spacial score (nSPS) is 15.7. The van der Waals surface area contributed by atoms with Crippen LogP contribution in [0.2, 0.25) is 5.02 Å². The van der Waals surface area contributed by atoms with Gasteiger partial charge in [-0.2, -0.15) is 0 Å². The summed E-state index contributed by atoms with van der Waals surface area (Å²) in [4.78, 5) is 26.6. The summed E-state index contributed by atoms with van der Waals surface area (Å²) in [5.41, 5.74) is 1.59. The Kier molecular flexibility index (Phi) is 6.68. The molecular weight excluding hydrogens is 518 g/mol. The summed E-state index contributed by atoms with van der Waals surface area (Å²) in [6, 6.07) is 10.8. The maximum atomic E-state index is 12.7. The second-order valence-electron chi connectivity index (χ2n) is 5.64. The van der Waals surface area contributed by atoms with Crippen molar-refractivity contribution in [2.45, 2.75) is 13.5 Å². The average molecular weight is 532 g/mol. The predicted octanol–water partition coefficient (Wildman–Crippen LogP) is 6.50. The number of hydrogen-bond donors (Lipinski definition) is 0. The van der Waals surface area contributed by atoms with Crippen LogP contribution in [0, 0.1) is 0 Å². The fourth-order valence-corrected chi connectivity index (χ4v) is 5.05. The minimum atomic E-state index is -0.314. The lowest BCUT2D eigenvalue weighted by atomic mass is 10.2. The van der Waals surface area contributed by atoms with Crippen molar-refractivity contribution in [2.24, 2.45) is 0 Å². The van der Waals surface area contributed by atoms with Gasteiger partial charge in [-0.3, -0.25) is 14.5 Å². The van der Waals surface area contributed by atoms with Gasteiger partial charge in [0.2, 0.25) is 0 Å². The van der Waals surface area contributed by atoms with Gasteiger partial charge in [0, 0.05) is 5.02 Å². The monoisotopic (exact) mass is 529 g/mol. The number of carbonyl (C=O) groups is 2. The quantitative estimate of drug-likeness (QED) is 0.413. The van der Waals surface area contributed by atoms with Crippen LogP contribution >= 0.6 is 55.2 Å². The van der Waals surface area contributed by atoms with Crippen molar-refractivity contribution in [1.29, 1.82) is 0 Å². The second kappa shape index (κ2) is 8.82. The molecule has 2 aromatic rings. The van der Waals surface area contributed by atoms with Crippen molar-refractivity contribution < 1.29 is 14.3 Å². The summed E-state index contributed by atoms with van der Waals surface area (Å²) in [6.45, 7) is 2.64. The summed E-state index contributed by atoms with van der Waals surface area (Å²) in [5, 5.41) is 0.273. The Labute approximate surface area is 183 Å². The van der Waals surface area contributed by atoms with Gasteiger partial charge in [0.05, 0.1) is 27.0 Å². The van der Waals surface area contributed by atoms with Crippen LogP contribution in [-0.2, 0) is 11.3 Å². The maximum Gasteiger partial charge on any atom is 0.293 e. The van der Waals surface area contributed by atoms with E-state index in [1.165, 1.54) is 4.90 Å². The fraction of sp³-hybridized carbons (Fsp3) is 0.158. The van der Waals surface area contributed by atoms with E-state index >= 15 is 0 Å². The molecule has 27 heavy (non-hydrogen) atoms. The number of rotatable bonds is 5. The van der Waals surface area contributed by atoms with Crippen LogP contribution in [0.1, 0.15) is 18.1 Å². The van der Waals surface area contributed by atoms with Crippen LogP contribution in [0.3, 0.4) is 0 Å². The Bertz CT molecular complexity index is 925. The average Bonchev–Trinajstić information content (AvgIpc) is 2.86. The van der Waals surface area contributed by atoms with Crippen LogP contribution in [0.5, 0.6) is 5.75 Å². The van der Waals surface area contributed by atoms with Crippen molar-refractivity contribution >= 4 is 72.4 Å². The van der Waals surface area contributed by atoms with Crippen molar-refractivity contribution in [3.63, 3.8) is 0 Å². The molecule has 1 aliphatic rings. The van der Waals surface area contributed by atoms with Gasteiger partial charge in [-0.05, 0) is 92.0 Å². The van der Waals surface area contributed by atoms with Gasteiger partial charge in [-0.1, -0.05) is 23.7 Å². The summed E-state index contributed by atoms with van der Waals surface area (Å²) < 4.78 is 7.10. The number of imide groups is 1. The topological polar surface area (TPSA) is 46.6 Å². The highest BCUT2D eigenvalue weighted by Gasteiger charge is 2.35. The Morgan fingerprint density at radius 3 is 2.52 bits per heavy atom. The molecule has 0 atom stereocenters. The number of hydrogen-bond acceptors (Lipinski definition) is 4. The number of thioether (sulfide) groups is 1. The lowest BCUT2D eigenvalue weighted by Crippen LogP contribution is -2.27. The molecule has 1 saturated heterocycles. The van der Waals surface area contributed by atoms with E-state index in [0.717, 1.165) is 31.8 Å². The van der Waals surface area contributed by atoms with Crippen molar-refractivity contribution in [3.8, 4) is 5.75 Å². The maximum absolute atomic E-state index is 12.7. The zero-order chi connectivity index (χ0) is 19.6. The molecule has 0 unspecified atom stereocenters. The SMILES string of the molecule is CCOc1c(Br)cc(/C=C2\SC(=O)N(Cc3cccc(Cl)c3)C2=O)cc1Br. The van der Waals surface area contributed by atoms with Gasteiger partial charge < -0.3 is 4.74 Å². The molecule has 0 saturated carbocycles. The van der Waals surface area contributed by atoms with Crippen LogP contribution in [0.4, 0.5) is 4.79 Å². The van der Waals surface area contributed by atoms with Gasteiger partial charge in [0.1, 0.15) is 5.75 Å². The lowest BCUT2D eigenvalue weighted by Gasteiger charge is -2.12. The van der Waals surface area contributed by atoms with Crippen LogP contribution < -0.4 is 4.74 Å². The lowest BCUT2D eigenvalue weighted by molar-refractivity contribution is -0.123. The number of carbonyl (C=O) groups excluding carboxylic acids is 2. The van der Waals surface area contributed by atoms with E-state index in [1.807, 2.05) is 25.1 Å². The van der Waals surface area contributed by atoms with Crippen LogP contribution in [0.25, 0.3) is 6.08 Å². The molecule has 0 spiro atoms. The van der Waals surface area contributed by atoms with Crippen LogP contribution in [-0.4, -0.2) is 22.7 Å². The highest BCUT2D eigenvalue weighted by Crippen LogP contribution is 2.38. The molecular formula is C19H14Br2ClNO3S. The molecule has 1 fully saturated rings. The molecule has 4 nitrogen and oxygen atoms in total. The highest BCUT2D eigenvalue weighted by molar-refractivity contribution is 9.11. The zero-order valence-electron chi connectivity index (χ0n) is 14.2. The van der Waals surface area contributed by atoms with E-state index in [-0.39, 0.29) is 17.7 Å². The first-order chi connectivity index (χ1) is 12.9. The van der Waals surface area contributed by atoms with E-state index < -0.39 is 0 Å². The molecule has 2 aromatic carbocycles.